The number of hydrogen-bond acceptors (Lipinski definition) is 0. The fourth-order valence-corrected chi connectivity index (χ4v) is 1.48. The van der Waals surface area contributed by atoms with E-state index in [4.69, 9.17) is 0 Å². The molecule has 0 bridgehead atoms. The normalized spacial score (nSPS) is 10.7. The second-order valence-electron chi connectivity index (χ2n) is 4.05. The van der Waals surface area contributed by atoms with Gasteiger partial charge in [-0.15, -0.1) is 6.58 Å². The summed E-state index contributed by atoms with van der Waals surface area (Å²) in [5.74, 6) is 0.473. The predicted molar refractivity (Wildman–Crippen MR) is 81.6 cm³/mol. The second kappa shape index (κ2) is 8.08. The quantitative estimate of drug-likeness (QED) is 0.634. The molecule has 0 heteroatoms. The molecule has 0 spiro atoms. The molecule has 0 aliphatic carbocycles. The molecule has 2 aromatic carbocycles. The maximum Gasteiger partial charge on any atom is -0.00131 e. The van der Waals surface area contributed by atoms with Crippen LogP contribution in [0.15, 0.2) is 79.9 Å². The van der Waals surface area contributed by atoms with Crippen molar-refractivity contribution in [2.45, 2.75) is 12.8 Å². The summed E-state index contributed by atoms with van der Waals surface area (Å²) >= 11 is 0. The third-order valence-corrected chi connectivity index (χ3v) is 2.71. The van der Waals surface area contributed by atoms with Crippen LogP contribution >= 0.6 is 0 Å². The van der Waals surface area contributed by atoms with Crippen molar-refractivity contribution in [3.05, 3.63) is 91.0 Å². The largest absolute Gasteiger partial charge is 0.102 e. The van der Waals surface area contributed by atoms with Crippen molar-refractivity contribution in [3.63, 3.8) is 0 Å². The SMILES string of the molecule is C=C[C@@H](C)c1ccccc1.C=Cc1ccccc1. The third kappa shape index (κ3) is 4.84. The lowest BCUT2D eigenvalue weighted by molar-refractivity contribution is 0.971. The van der Waals surface area contributed by atoms with Crippen LogP contribution in [0.4, 0.5) is 0 Å². The van der Waals surface area contributed by atoms with Gasteiger partial charge in [0.25, 0.3) is 0 Å². The number of allylic oxidation sites excluding steroid dienone is 1. The van der Waals surface area contributed by atoms with Crippen LogP contribution in [0.5, 0.6) is 0 Å². The van der Waals surface area contributed by atoms with Crippen molar-refractivity contribution in [2.75, 3.05) is 0 Å². The molecule has 2 rings (SSSR count). The van der Waals surface area contributed by atoms with Crippen LogP contribution in [0.3, 0.4) is 0 Å². The Balaban J connectivity index is 0.000000184. The average Bonchev–Trinajstić information content (AvgIpc) is 2.49. The van der Waals surface area contributed by atoms with Crippen molar-refractivity contribution in [2.24, 2.45) is 0 Å². The van der Waals surface area contributed by atoms with Crippen molar-refractivity contribution >= 4 is 6.08 Å². The first kappa shape index (κ1) is 14.0. The molecule has 18 heavy (non-hydrogen) atoms. The Bertz CT molecular complexity index is 454. The third-order valence-electron chi connectivity index (χ3n) is 2.71. The highest BCUT2D eigenvalue weighted by molar-refractivity contribution is 5.45. The van der Waals surface area contributed by atoms with E-state index in [9.17, 15) is 0 Å². The van der Waals surface area contributed by atoms with Crippen molar-refractivity contribution < 1.29 is 0 Å². The van der Waals surface area contributed by atoms with E-state index >= 15 is 0 Å². The lowest BCUT2D eigenvalue weighted by atomic mass is 10.0. The highest BCUT2D eigenvalue weighted by Crippen LogP contribution is 2.14. The predicted octanol–water partition coefficient (Wildman–Crippen LogP) is 5.31. The van der Waals surface area contributed by atoms with Gasteiger partial charge in [0, 0.05) is 0 Å². The monoisotopic (exact) mass is 236 g/mol. The van der Waals surface area contributed by atoms with E-state index in [1.165, 1.54) is 11.1 Å². The minimum Gasteiger partial charge on any atom is -0.102 e. The Labute approximate surface area is 110 Å². The fourth-order valence-electron chi connectivity index (χ4n) is 1.48. The minimum absolute atomic E-state index is 0.473. The summed E-state index contributed by atoms with van der Waals surface area (Å²) in [4.78, 5) is 0. The summed E-state index contributed by atoms with van der Waals surface area (Å²) in [7, 11) is 0. The molecule has 0 aliphatic heterocycles. The van der Waals surface area contributed by atoms with Gasteiger partial charge < -0.3 is 0 Å². The molecule has 0 N–H and O–H groups in total. The average molecular weight is 236 g/mol. The zero-order valence-corrected chi connectivity index (χ0v) is 10.9. The van der Waals surface area contributed by atoms with E-state index < -0.39 is 0 Å². The maximum absolute atomic E-state index is 3.74. The zero-order valence-electron chi connectivity index (χ0n) is 10.9. The van der Waals surface area contributed by atoms with Gasteiger partial charge >= 0.3 is 0 Å². The molecule has 0 amide bonds. The van der Waals surface area contributed by atoms with Crippen molar-refractivity contribution in [1.29, 1.82) is 0 Å². The smallest absolute Gasteiger partial charge is 0.00131 e. The van der Waals surface area contributed by atoms with E-state index in [1.54, 1.807) is 0 Å². The Hall–Kier alpha value is -2.08. The Morgan fingerprint density at radius 3 is 1.72 bits per heavy atom. The highest BCUT2D eigenvalue weighted by Gasteiger charge is 1.96. The van der Waals surface area contributed by atoms with Gasteiger partial charge in [-0.2, -0.15) is 0 Å². The summed E-state index contributed by atoms with van der Waals surface area (Å²) in [6.07, 6.45) is 3.79. The van der Waals surface area contributed by atoms with Gasteiger partial charge in [0.05, 0.1) is 0 Å². The van der Waals surface area contributed by atoms with E-state index in [1.807, 2.05) is 48.6 Å². The molecule has 0 saturated carbocycles. The Morgan fingerprint density at radius 2 is 1.33 bits per heavy atom. The van der Waals surface area contributed by atoms with Gasteiger partial charge in [-0.3, -0.25) is 0 Å². The lowest BCUT2D eigenvalue weighted by Gasteiger charge is -2.03. The van der Waals surface area contributed by atoms with Crippen LogP contribution < -0.4 is 0 Å². The molecule has 0 radical (unpaired) electrons. The van der Waals surface area contributed by atoms with Crippen LogP contribution in [0.2, 0.25) is 0 Å². The Morgan fingerprint density at radius 1 is 0.833 bits per heavy atom. The van der Waals surface area contributed by atoms with E-state index in [0.29, 0.717) is 5.92 Å². The van der Waals surface area contributed by atoms with E-state index in [-0.39, 0.29) is 0 Å². The molecule has 0 unspecified atom stereocenters. The first-order chi connectivity index (χ1) is 8.77. The summed E-state index contributed by atoms with van der Waals surface area (Å²) in [5.41, 5.74) is 2.50. The first-order valence-corrected chi connectivity index (χ1v) is 6.13. The topological polar surface area (TPSA) is 0 Å². The van der Waals surface area contributed by atoms with Crippen LogP contribution in [0.1, 0.15) is 24.0 Å². The minimum atomic E-state index is 0.473. The number of rotatable bonds is 3. The van der Waals surface area contributed by atoms with E-state index in [2.05, 4.69) is 44.3 Å². The summed E-state index contributed by atoms with van der Waals surface area (Å²) in [5, 5.41) is 0. The fraction of sp³-hybridized carbons (Fsp3) is 0.111. The second-order valence-corrected chi connectivity index (χ2v) is 4.05. The lowest BCUT2D eigenvalue weighted by Crippen LogP contribution is -1.85. The molecule has 0 heterocycles. The molecule has 0 aliphatic rings. The molecule has 0 fully saturated rings. The van der Waals surface area contributed by atoms with Crippen LogP contribution in [0.25, 0.3) is 6.08 Å². The van der Waals surface area contributed by atoms with Crippen molar-refractivity contribution in [3.8, 4) is 0 Å². The van der Waals surface area contributed by atoms with Crippen LogP contribution in [-0.2, 0) is 0 Å². The molecule has 0 nitrogen and oxygen atoms in total. The number of benzene rings is 2. The summed E-state index contributed by atoms with van der Waals surface area (Å²) < 4.78 is 0. The summed E-state index contributed by atoms with van der Waals surface area (Å²) in [6, 6.07) is 20.4. The number of hydrogen-bond donors (Lipinski definition) is 0. The molecular formula is C18H20. The van der Waals surface area contributed by atoms with Gasteiger partial charge in [0.2, 0.25) is 0 Å². The molecule has 0 saturated heterocycles. The van der Waals surface area contributed by atoms with Gasteiger partial charge in [0.15, 0.2) is 0 Å². The van der Waals surface area contributed by atoms with Gasteiger partial charge in [-0.25, -0.2) is 0 Å². The standard InChI is InChI=1S/C10H12.C8H8/c1-3-9(2)10-7-5-4-6-8-10;1-2-8-6-4-3-5-7-8/h3-9H,1H2,2H3;2-7H,1H2/t9-;/m1./s1. The first-order valence-electron chi connectivity index (χ1n) is 6.13. The zero-order chi connectivity index (χ0) is 13.2. The van der Waals surface area contributed by atoms with Gasteiger partial charge in [0.1, 0.15) is 0 Å². The highest BCUT2D eigenvalue weighted by atomic mass is 14.0. The van der Waals surface area contributed by atoms with Gasteiger partial charge in [-0.1, -0.05) is 86.3 Å². The van der Waals surface area contributed by atoms with Crippen molar-refractivity contribution in [1.82, 2.24) is 0 Å². The molecule has 2 aromatic rings. The molecule has 0 aromatic heterocycles. The van der Waals surface area contributed by atoms with Crippen LogP contribution in [0, 0.1) is 0 Å². The Kier molecular flexibility index (Phi) is 6.27. The maximum atomic E-state index is 3.74. The summed E-state index contributed by atoms with van der Waals surface area (Å²) in [6.45, 7) is 9.51. The molecule has 92 valence electrons. The molecular weight excluding hydrogens is 216 g/mol. The molecule has 1 atom stereocenters. The van der Waals surface area contributed by atoms with Crippen LogP contribution in [-0.4, -0.2) is 0 Å². The van der Waals surface area contributed by atoms with E-state index in [0.717, 1.165) is 0 Å². The van der Waals surface area contributed by atoms with Gasteiger partial charge in [-0.05, 0) is 17.0 Å².